The van der Waals surface area contributed by atoms with Crippen molar-refractivity contribution in [1.82, 2.24) is 10.6 Å². The SMILES string of the molecule is O=C(CC1CC(CNC(=O)OCC2c3ccccc3-c3ccccc32)C1)N[C@H]1CC[C@@H](C(=O)O)C1. The first-order valence-corrected chi connectivity index (χ1v) is 12.6. The lowest BCUT2D eigenvalue weighted by Crippen LogP contribution is -2.40. The Morgan fingerprint density at radius 1 is 0.886 bits per heavy atom. The fourth-order valence-corrected chi connectivity index (χ4v) is 5.97. The van der Waals surface area contributed by atoms with Crippen LogP contribution in [-0.4, -0.2) is 42.3 Å². The summed E-state index contributed by atoms with van der Waals surface area (Å²) in [7, 11) is 0. The Balaban J connectivity index is 1.01. The first-order chi connectivity index (χ1) is 17.0. The lowest BCUT2D eigenvalue weighted by atomic mass is 9.73. The molecular formula is C28H32N2O5. The highest BCUT2D eigenvalue weighted by Crippen LogP contribution is 2.44. The van der Waals surface area contributed by atoms with Gasteiger partial charge in [0, 0.05) is 24.9 Å². The van der Waals surface area contributed by atoms with Gasteiger partial charge >= 0.3 is 12.1 Å². The highest BCUT2D eigenvalue weighted by atomic mass is 16.5. The molecule has 0 bridgehead atoms. The summed E-state index contributed by atoms with van der Waals surface area (Å²) in [5.74, 6) is -0.374. The zero-order valence-corrected chi connectivity index (χ0v) is 19.7. The molecule has 7 nitrogen and oxygen atoms in total. The molecule has 7 heteroatoms. The number of ether oxygens (including phenoxy) is 1. The Bertz CT molecular complexity index is 1060. The lowest BCUT2D eigenvalue weighted by Gasteiger charge is -2.35. The Morgan fingerprint density at radius 2 is 1.54 bits per heavy atom. The molecule has 0 saturated heterocycles. The molecule has 0 aliphatic heterocycles. The van der Waals surface area contributed by atoms with Crippen molar-refractivity contribution in [2.45, 2.75) is 50.5 Å². The van der Waals surface area contributed by atoms with Crippen molar-refractivity contribution in [3.8, 4) is 11.1 Å². The van der Waals surface area contributed by atoms with Crippen molar-refractivity contribution >= 4 is 18.0 Å². The number of carbonyl (C=O) groups excluding carboxylic acids is 2. The summed E-state index contributed by atoms with van der Waals surface area (Å²) in [5.41, 5.74) is 4.79. The van der Waals surface area contributed by atoms with Crippen LogP contribution in [0.4, 0.5) is 4.79 Å². The molecule has 35 heavy (non-hydrogen) atoms. The summed E-state index contributed by atoms with van der Waals surface area (Å²) < 4.78 is 5.59. The average molecular weight is 477 g/mol. The van der Waals surface area contributed by atoms with E-state index >= 15 is 0 Å². The highest BCUT2D eigenvalue weighted by Gasteiger charge is 2.34. The molecule has 0 heterocycles. The molecule has 0 aromatic heterocycles. The second-order valence-corrected chi connectivity index (χ2v) is 10.2. The molecule has 184 valence electrons. The van der Waals surface area contributed by atoms with Crippen molar-refractivity contribution in [1.29, 1.82) is 0 Å². The van der Waals surface area contributed by atoms with Crippen LogP contribution in [0.2, 0.25) is 0 Å². The minimum Gasteiger partial charge on any atom is -0.481 e. The molecule has 0 unspecified atom stereocenters. The number of hydrogen-bond donors (Lipinski definition) is 3. The lowest BCUT2D eigenvalue weighted by molar-refractivity contribution is -0.141. The minimum absolute atomic E-state index is 0.00832. The largest absolute Gasteiger partial charge is 0.481 e. The van der Waals surface area contributed by atoms with Gasteiger partial charge in [-0.05, 0) is 66.2 Å². The Morgan fingerprint density at radius 3 is 2.17 bits per heavy atom. The summed E-state index contributed by atoms with van der Waals surface area (Å²) >= 11 is 0. The van der Waals surface area contributed by atoms with Gasteiger partial charge in [0.15, 0.2) is 0 Å². The van der Waals surface area contributed by atoms with Crippen LogP contribution >= 0.6 is 0 Å². The molecule has 0 spiro atoms. The molecule has 2 aromatic rings. The van der Waals surface area contributed by atoms with E-state index in [0.29, 0.717) is 44.2 Å². The first kappa shape index (κ1) is 23.4. The Labute approximate surface area is 205 Å². The monoisotopic (exact) mass is 476 g/mol. The standard InChI is InChI=1S/C28H32N2O5/c31-26(30-20-10-9-19(14-20)27(32)33)13-17-11-18(12-17)15-29-28(34)35-16-25-23-7-3-1-5-21(23)22-6-2-4-8-24(22)25/h1-8,17-20,25H,9-16H2,(H,29,34)(H,30,31)(H,32,33)/t17?,18?,19-,20+/m1/s1. The molecule has 5 rings (SSSR count). The van der Waals surface area contributed by atoms with Crippen molar-refractivity contribution < 1.29 is 24.2 Å². The van der Waals surface area contributed by atoms with E-state index in [1.807, 2.05) is 24.3 Å². The van der Waals surface area contributed by atoms with Gasteiger partial charge < -0.3 is 20.5 Å². The molecule has 2 saturated carbocycles. The minimum atomic E-state index is -0.771. The third-order valence-corrected chi connectivity index (χ3v) is 7.83. The van der Waals surface area contributed by atoms with Gasteiger partial charge in [-0.1, -0.05) is 48.5 Å². The average Bonchev–Trinajstić information content (AvgIpc) is 3.42. The van der Waals surface area contributed by atoms with Crippen molar-refractivity contribution in [3.05, 3.63) is 59.7 Å². The van der Waals surface area contributed by atoms with E-state index in [1.54, 1.807) is 0 Å². The number of hydrogen-bond acceptors (Lipinski definition) is 4. The Hall–Kier alpha value is -3.35. The smallest absolute Gasteiger partial charge is 0.407 e. The fourth-order valence-electron chi connectivity index (χ4n) is 5.97. The van der Waals surface area contributed by atoms with Gasteiger partial charge in [-0.2, -0.15) is 0 Å². The van der Waals surface area contributed by atoms with Crippen molar-refractivity contribution in [2.24, 2.45) is 17.8 Å². The second kappa shape index (κ2) is 10.1. The van der Waals surface area contributed by atoms with Crippen LogP contribution in [0, 0.1) is 17.8 Å². The first-order valence-electron chi connectivity index (χ1n) is 12.6. The van der Waals surface area contributed by atoms with Crippen LogP contribution in [0.25, 0.3) is 11.1 Å². The zero-order valence-electron chi connectivity index (χ0n) is 19.7. The zero-order chi connectivity index (χ0) is 24.4. The number of carboxylic acid groups (broad SMARTS) is 1. The summed E-state index contributed by atoms with van der Waals surface area (Å²) in [6, 6.07) is 16.5. The van der Waals surface area contributed by atoms with Crippen LogP contribution in [-0.2, 0) is 14.3 Å². The summed E-state index contributed by atoms with van der Waals surface area (Å²) in [4.78, 5) is 35.7. The molecule has 2 fully saturated rings. The summed E-state index contributed by atoms with van der Waals surface area (Å²) in [5, 5.41) is 15.0. The van der Waals surface area contributed by atoms with E-state index in [1.165, 1.54) is 22.3 Å². The number of benzene rings is 2. The third kappa shape index (κ3) is 5.19. The fraction of sp³-hybridized carbons (Fsp3) is 0.464. The quantitative estimate of drug-likeness (QED) is 0.527. The number of nitrogens with one attached hydrogen (secondary N) is 2. The Kier molecular flexibility index (Phi) is 6.75. The molecule has 2 atom stereocenters. The topological polar surface area (TPSA) is 105 Å². The molecule has 2 amide bonds. The van der Waals surface area contributed by atoms with Crippen LogP contribution in [0.15, 0.2) is 48.5 Å². The van der Waals surface area contributed by atoms with Gasteiger partial charge in [0.05, 0.1) is 5.92 Å². The molecular weight excluding hydrogens is 444 g/mol. The number of carboxylic acids is 1. The summed E-state index contributed by atoms with van der Waals surface area (Å²) in [6.45, 7) is 0.856. The van der Waals surface area contributed by atoms with E-state index in [-0.39, 0.29) is 23.8 Å². The predicted molar refractivity (Wildman–Crippen MR) is 131 cm³/mol. The van der Waals surface area contributed by atoms with Crippen molar-refractivity contribution in [3.63, 3.8) is 0 Å². The number of amides is 2. The highest BCUT2D eigenvalue weighted by molar-refractivity contribution is 5.79. The van der Waals surface area contributed by atoms with Gasteiger partial charge in [-0.3, -0.25) is 9.59 Å². The number of alkyl carbamates (subject to hydrolysis) is 1. The number of carbonyl (C=O) groups is 3. The molecule has 0 radical (unpaired) electrons. The number of fused-ring (bicyclic) bond motifs is 3. The third-order valence-electron chi connectivity index (χ3n) is 7.83. The van der Waals surface area contributed by atoms with E-state index in [2.05, 4.69) is 34.9 Å². The molecule has 3 N–H and O–H groups in total. The maximum Gasteiger partial charge on any atom is 0.407 e. The van der Waals surface area contributed by atoms with Gasteiger partial charge in [0.25, 0.3) is 0 Å². The second-order valence-electron chi connectivity index (χ2n) is 10.2. The van der Waals surface area contributed by atoms with Crippen LogP contribution in [0.5, 0.6) is 0 Å². The van der Waals surface area contributed by atoms with E-state index in [4.69, 9.17) is 9.84 Å². The number of rotatable bonds is 8. The van der Waals surface area contributed by atoms with Crippen LogP contribution < -0.4 is 10.6 Å². The van der Waals surface area contributed by atoms with Crippen LogP contribution in [0.3, 0.4) is 0 Å². The maximum absolute atomic E-state index is 12.4. The van der Waals surface area contributed by atoms with E-state index in [0.717, 1.165) is 19.3 Å². The van der Waals surface area contributed by atoms with E-state index in [9.17, 15) is 14.4 Å². The molecule has 2 aromatic carbocycles. The van der Waals surface area contributed by atoms with Gasteiger partial charge in [0.2, 0.25) is 5.91 Å². The van der Waals surface area contributed by atoms with Crippen molar-refractivity contribution in [2.75, 3.05) is 13.2 Å². The van der Waals surface area contributed by atoms with Crippen LogP contribution in [0.1, 0.15) is 55.6 Å². The predicted octanol–water partition coefficient (Wildman–Crippen LogP) is 4.31. The van der Waals surface area contributed by atoms with Gasteiger partial charge in [-0.25, -0.2) is 4.79 Å². The van der Waals surface area contributed by atoms with Gasteiger partial charge in [-0.15, -0.1) is 0 Å². The molecule has 3 aliphatic carbocycles. The summed E-state index contributed by atoms with van der Waals surface area (Å²) in [6.07, 6.45) is 3.77. The number of aliphatic carboxylic acids is 1. The van der Waals surface area contributed by atoms with E-state index < -0.39 is 12.1 Å². The molecule has 3 aliphatic rings. The van der Waals surface area contributed by atoms with Gasteiger partial charge in [0.1, 0.15) is 6.61 Å². The maximum atomic E-state index is 12.4. The normalized spacial score (nSPS) is 24.7.